The topological polar surface area (TPSA) is 87.7 Å². The standard InChI is InChI=1S/C10H20N2O4/c1-10(2,15)9(14)12-5-4-8(13)11-6-7-16-3/h15H,4-7H2,1-3H3,(H,11,13)(H,12,14). The van der Waals surface area contributed by atoms with Crippen LogP contribution in [-0.4, -0.2) is 49.3 Å². The number of hydrogen-bond acceptors (Lipinski definition) is 4. The van der Waals surface area contributed by atoms with Crippen molar-refractivity contribution in [1.29, 1.82) is 0 Å². The second kappa shape index (κ2) is 7.19. The maximum absolute atomic E-state index is 11.2. The molecule has 0 aliphatic rings. The molecule has 0 aromatic carbocycles. The molecule has 0 unspecified atom stereocenters. The highest BCUT2D eigenvalue weighted by atomic mass is 16.5. The van der Waals surface area contributed by atoms with Gasteiger partial charge in [-0.3, -0.25) is 9.59 Å². The Balaban J connectivity index is 3.59. The van der Waals surface area contributed by atoms with Gasteiger partial charge < -0.3 is 20.5 Å². The van der Waals surface area contributed by atoms with Gasteiger partial charge in [-0.2, -0.15) is 0 Å². The molecule has 6 nitrogen and oxygen atoms in total. The lowest BCUT2D eigenvalue weighted by Gasteiger charge is -2.16. The molecule has 0 radical (unpaired) electrons. The van der Waals surface area contributed by atoms with Gasteiger partial charge in [-0.05, 0) is 13.8 Å². The van der Waals surface area contributed by atoms with E-state index in [0.717, 1.165) is 0 Å². The number of amides is 2. The van der Waals surface area contributed by atoms with E-state index in [4.69, 9.17) is 4.74 Å². The van der Waals surface area contributed by atoms with Crippen LogP contribution in [0.25, 0.3) is 0 Å². The molecule has 16 heavy (non-hydrogen) atoms. The van der Waals surface area contributed by atoms with E-state index in [1.165, 1.54) is 13.8 Å². The zero-order valence-electron chi connectivity index (χ0n) is 10.0. The lowest BCUT2D eigenvalue weighted by Crippen LogP contribution is -2.43. The minimum absolute atomic E-state index is 0.159. The Kier molecular flexibility index (Phi) is 6.67. The first kappa shape index (κ1) is 14.9. The molecule has 0 aromatic heterocycles. The Morgan fingerprint density at radius 3 is 2.38 bits per heavy atom. The highest BCUT2D eigenvalue weighted by molar-refractivity contribution is 5.84. The number of nitrogens with one attached hydrogen (secondary N) is 2. The number of carbonyl (C=O) groups is 2. The summed E-state index contributed by atoms with van der Waals surface area (Å²) >= 11 is 0. The molecule has 0 aromatic rings. The van der Waals surface area contributed by atoms with Crippen molar-refractivity contribution in [3.05, 3.63) is 0 Å². The predicted molar refractivity (Wildman–Crippen MR) is 58.8 cm³/mol. The predicted octanol–water partition coefficient (Wildman–Crippen LogP) is -0.974. The van der Waals surface area contributed by atoms with Crippen LogP contribution in [0, 0.1) is 0 Å². The number of aliphatic hydroxyl groups is 1. The van der Waals surface area contributed by atoms with Gasteiger partial charge in [-0.15, -0.1) is 0 Å². The van der Waals surface area contributed by atoms with Crippen molar-refractivity contribution in [2.45, 2.75) is 25.9 Å². The van der Waals surface area contributed by atoms with Gasteiger partial charge in [0.05, 0.1) is 6.61 Å². The summed E-state index contributed by atoms with van der Waals surface area (Å²) in [4.78, 5) is 22.4. The summed E-state index contributed by atoms with van der Waals surface area (Å²) in [5, 5.41) is 14.4. The quantitative estimate of drug-likeness (QED) is 0.493. The third kappa shape index (κ3) is 7.19. The molecule has 94 valence electrons. The molecular weight excluding hydrogens is 212 g/mol. The molecule has 6 heteroatoms. The van der Waals surface area contributed by atoms with Crippen molar-refractivity contribution in [2.75, 3.05) is 26.8 Å². The maximum atomic E-state index is 11.2. The number of ether oxygens (including phenoxy) is 1. The van der Waals surface area contributed by atoms with E-state index in [2.05, 4.69) is 10.6 Å². The molecule has 3 N–H and O–H groups in total. The second-order valence-electron chi connectivity index (χ2n) is 3.91. The fourth-order valence-electron chi connectivity index (χ4n) is 0.887. The molecule has 0 aliphatic carbocycles. The molecule has 0 atom stereocenters. The Hall–Kier alpha value is -1.14. The lowest BCUT2D eigenvalue weighted by molar-refractivity contribution is -0.136. The third-order valence-electron chi connectivity index (χ3n) is 1.82. The van der Waals surface area contributed by atoms with E-state index in [9.17, 15) is 14.7 Å². The number of rotatable bonds is 7. The van der Waals surface area contributed by atoms with Crippen molar-refractivity contribution in [1.82, 2.24) is 10.6 Å². The molecule has 0 saturated heterocycles. The van der Waals surface area contributed by atoms with Gasteiger partial charge in [0.1, 0.15) is 5.60 Å². The summed E-state index contributed by atoms with van der Waals surface area (Å²) < 4.78 is 4.76. The first-order valence-corrected chi connectivity index (χ1v) is 5.14. The van der Waals surface area contributed by atoms with Crippen molar-refractivity contribution < 1.29 is 19.4 Å². The Morgan fingerprint density at radius 1 is 1.25 bits per heavy atom. The van der Waals surface area contributed by atoms with Gasteiger partial charge >= 0.3 is 0 Å². The second-order valence-corrected chi connectivity index (χ2v) is 3.91. The smallest absolute Gasteiger partial charge is 0.251 e. The van der Waals surface area contributed by atoms with E-state index in [0.29, 0.717) is 13.2 Å². The van der Waals surface area contributed by atoms with Crippen molar-refractivity contribution in [3.8, 4) is 0 Å². The molecule has 0 saturated carbocycles. The molecule has 0 heterocycles. The fraction of sp³-hybridized carbons (Fsp3) is 0.800. The van der Waals surface area contributed by atoms with Gasteiger partial charge in [-0.1, -0.05) is 0 Å². The molecule has 0 spiro atoms. The summed E-state index contributed by atoms with van der Waals surface area (Å²) in [7, 11) is 1.55. The van der Waals surface area contributed by atoms with Crippen LogP contribution in [0.1, 0.15) is 20.3 Å². The normalized spacial score (nSPS) is 11.0. The summed E-state index contributed by atoms with van der Waals surface area (Å²) in [6.07, 6.45) is 0.186. The van der Waals surface area contributed by atoms with Crippen molar-refractivity contribution >= 4 is 11.8 Å². The van der Waals surface area contributed by atoms with Gasteiger partial charge in [0.15, 0.2) is 0 Å². The average Bonchev–Trinajstić information content (AvgIpc) is 2.16. The zero-order chi connectivity index (χ0) is 12.6. The minimum Gasteiger partial charge on any atom is -0.383 e. The van der Waals surface area contributed by atoms with Crippen LogP contribution in [0.5, 0.6) is 0 Å². The van der Waals surface area contributed by atoms with E-state index in [-0.39, 0.29) is 18.9 Å². The molecule has 0 bridgehead atoms. The highest BCUT2D eigenvalue weighted by Gasteiger charge is 2.22. The molecule has 0 rings (SSSR count). The third-order valence-corrected chi connectivity index (χ3v) is 1.82. The van der Waals surface area contributed by atoms with Crippen molar-refractivity contribution in [3.63, 3.8) is 0 Å². The number of methoxy groups -OCH3 is 1. The lowest BCUT2D eigenvalue weighted by atomic mass is 10.1. The summed E-state index contributed by atoms with van der Waals surface area (Å²) in [6.45, 7) is 3.90. The summed E-state index contributed by atoms with van der Waals surface area (Å²) in [6, 6.07) is 0. The zero-order valence-corrected chi connectivity index (χ0v) is 10.0. The van der Waals surface area contributed by atoms with Gasteiger partial charge in [0.25, 0.3) is 5.91 Å². The van der Waals surface area contributed by atoms with E-state index < -0.39 is 11.5 Å². The first-order chi connectivity index (χ1) is 7.38. The van der Waals surface area contributed by atoms with Gasteiger partial charge in [0, 0.05) is 26.6 Å². The van der Waals surface area contributed by atoms with Crippen LogP contribution in [0.15, 0.2) is 0 Å². The van der Waals surface area contributed by atoms with Crippen molar-refractivity contribution in [2.24, 2.45) is 0 Å². The monoisotopic (exact) mass is 232 g/mol. The highest BCUT2D eigenvalue weighted by Crippen LogP contribution is 1.99. The van der Waals surface area contributed by atoms with Crippen LogP contribution < -0.4 is 10.6 Å². The van der Waals surface area contributed by atoms with E-state index >= 15 is 0 Å². The van der Waals surface area contributed by atoms with Crippen LogP contribution in [0.2, 0.25) is 0 Å². The molecular formula is C10H20N2O4. The summed E-state index contributed by atoms with van der Waals surface area (Å²) in [5.74, 6) is -0.648. The van der Waals surface area contributed by atoms with Crippen LogP contribution in [0.4, 0.5) is 0 Å². The van der Waals surface area contributed by atoms with Crippen LogP contribution >= 0.6 is 0 Å². The van der Waals surface area contributed by atoms with Gasteiger partial charge in [0.2, 0.25) is 5.91 Å². The SMILES string of the molecule is COCCNC(=O)CCNC(=O)C(C)(C)O. The van der Waals surface area contributed by atoms with Crippen LogP contribution in [-0.2, 0) is 14.3 Å². The number of hydrogen-bond donors (Lipinski definition) is 3. The fourth-order valence-corrected chi connectivity index (χ4v) is 0.887. The van der Waals surface area contributed by atoms with Gasteiger partial charge in [-0.25, -0.2) is 0 Å². The first-order valence-electron chi connectivity index (χ1n) is 5.14. The Labute approximate surface area is 95.4 Å². The molecule has 2 amide bonds. The van der Waals surface area contributed by atoms with E-state index in [1.807, 2.05) is 0 Å². The van der Waals surface area contributed by atoms with E-state index in [1.54, 1.807) is 7.11 Å². The Bertz CT molecular complexity index is 235. The average molecular weight is 232 g/mol. The van der Waals surface area contributed by atoms with Crippen LogP contribution in [0.3, 0.4) is 0 Å². The molecule has 0 aliphatic heterocycles. The maximum Gasteiger partial charge on any atom is 0.251 e. The Morgan fingerprint density at radius 2 is 1.88 bits per heavy atom. The summed E-state index contributed by atoms with van der Waals surface area (Å²) in [5.41, 5.74) is -1.41. The minimum atomic E-state index is -1.41. The number of carbonyl (C=O) groups excluding carboxylic acids is 2. The molecule has 0 fully saturated rings. The largest absolute Gasteiger partial charge is 0.383 e.